The Morgan fingerprint density at radius 2 is 2.20 bits per heavy atom. The number of rotatable bonds is 5. The van der Waals surface area contributed by atoms with Crippen molar-refractivity contribution in [1.29, 1.82) is 0 Å². The normalized spacial score (nSPS) is 10.6. The molecule has 0 aliphatic heterocycles. The Morgan fingerprint density at radius 1 is 1.50 bits per heavy atom. The molecule has 0 atom stereocenters. The summed E-state index contributed by atoms with van der Waals surface area (Å²) < 4.78 is 18.7. The molecule has 1 N–H and O–H groups in total. The summed E-state index contributed by atoms with van der Waals surface area (Å²) >= 11 is 0.988. The molecule has 106 valence electrons. The van der Waals surface area contributed by atoms with Crippen molar-refractivity contribution in [3.05, 3.63) is 40.7 Å². The van der Waals surface area contributed by atoms with Crippen molar-refractivity contribution in [1.82, 2.24) is 4.98 Å². The molecule has 0 aliphatic carbocycles. The van der Waals surface area contributed by atoms with Gasteiger partial charge in [-0.25, -0.2) is 14.2 Å². The van der Waals surface area contributed by atoms with Crippen LogP contribution in [0.3, 0.4) is 0 Å². The Bertz CT molecular complexity index is 630. The lowest BCUT2D eigenvalue weighted by atomic mass is 10.3. The highest BCUT2D eigenvalue weighted by molar-refractivity contribution is 7.17. The number of carboxylic acid groups (broad SMARTS) is 1. The maximum atomic E-state index is 13.7. The van der Waals surface area contributed by atoms with Crippen LogP contribution in [-0.4, -0.2) is 30.2 Å². The van der Waals surface area contributed by atoms with E-state index in [4.69, 9.17) is 9.84 Å². The van der Waals surface area contributed by atoms with Gasteiger partial charge in [0, 0.05) is 14.2 Å². The van der Waals surface area contributed by atoms with E-state index in [1.807, 2.05) is 0 Å². The highest BCUT2D eigenvalue weighted by Gasteiger charge is 2.20. The number of carbonyl (C=O) groups is 1. The molecule has 0 unspecified atom stereocenters. The third-order valence-electron chi connectivity index (χ3n) is 2.66. The van der Waals surface area contributed by atoms with Crippen LogP contribution in [0.4, 0.5) is 15.2 Å². The van der Waals surface area contributed by atoms with Crippen LogP contribution in [0.25, 0.3) is 0 Å². The van der Waals surface area contributed by atoms with Crippen LogP contribution in [0.5, 0.6) is 0 Å². The van der Waals surface area contributed by atoms with E-state index in [-0.39, 0.29) is 11.5 Å². The quantitative estimate of drug-likeness (QED) is 0.919. The number of nitrogens with zero attached hydrogens (tertiary/aromatic N) is 2. The molecule has 1 aromatic heterocycles. The lowest BCUT2D eigenvalue weighted by Crippen LogP contribution is -2.10. The Labute approximate surface area is 119 Å². The molecule has 0 radical (unpaired) electrons. The minimum atomic E-state index is -1.07. The Balaban J connectivity index is 2.40. The van der Waals surface area contributed by atoms with E-state index in [0.717, 1.165) is 11.3 Å². The summed E-state index contributed by atoms with van der Waals surface area (Å²) in [5, 5.41) is 9.54. The molecule has 0 spiro atoms. The SMILES string of the molecule is COCc1nc(N(C)c2ccccc2F)sc1C(=O)O. The first-order valence-corrected chi connectivity index (χ1v) is 6.56. The second-order valence-corrected chi connectivity index (χ2v) is 5.00. The fourth-order valence-corrected chi connectivity index (χ4v) is 2.59. The second kappa shape index (κ2) is 5.98. The molecule has 0 bridgehead atoms. The average molecular weight is 296 g/mol. The van der Waals surface area contributed by atoms with Crippen molar-refractivity contribution in [2.75, 3.05) is 19.1 Å². The predicted molar refractivity (Wildman–Crippen MR) is 74.2 cm³/mol. The van der Waals surface area contributed by atoms with Gasteiger partial charge in [0.25, 0.3) is 0 Å². The highest BCUT2D eigenvalue weighted by Crippen LogP contribution is 2.32. The average Bonchev–Trinajstić information content (AvgIpc) is 2.83. The Kier molecular flexibility index (Phi) is 4.31. The molecule has 1 aromatic carbocycles. The maximum absolute atomic E-state index is 13.7. The van der Waals surface area contributed by atoms with Crippen molar-refractivity contribution >= 4 is 28.1 Å². The molecule has 5 nitrogen and oxygen atoms in total. The zero-order valence-electron chi connectivity index (χ0n) is 11.0. The number of thiazole rings is 1. The highest BCUT2D eigenvalue weighted by atomic mass is 32.1. The zero-order valence-corrected chi connectivity index (χ0v) is 11.8. The van der Waals surface area contributed by atoms with Crippen molar-refractivity contribution in [3.8, 4) is 0 Å². The number of methoxy groups -OCH3 is 1. The van der Waals surface area contributed by atoms with Crippen LogP contribution < -0.4 is 4.90 Å². The smallest absolute Gasteiger partial charge is 0.347 e. The monoisotopic (exact) mass is 296 g/mol. The summed E-state index contributed by atoms with van der Waals surface area (Å²) in [6.45, 7) is 0.100. The molecule has 0 fully saturated rings. The Hall–Kier alpha value is -1.99. The topological polar surface area (TPSA) is 62.7 Å². The summed E-state index contributed by atoms with van der Waals surface area (Å²) in [5.41, 5.74) is 0.672. The number of ether oxygens (including phenoxy) is 1. The van der Waals surface area contributed by atoms with Gasteiger partial charge in [-0.15, -0.1) is 0 Å². The standard InChI is InChI=1S/C13H13FN2O3S/c1-16(10-6-4-3-5-8(10)14)13-15-9(7-19-2)11(20-13)12(17)18/h3-6H,7H2,1-2H3,(H,17,18). The van der Waals surface area contributed by atoms with Crippen molar-refractivity contribution in [3.63, 3.8) is 0 Å². The van der Waals surface area contributed by atoms with Crippen LogP contribution in [-0.2, 0) is 11.3 Å². The van der Waals surface area contributed by atoms with Crippen LogP contribution in [0.2, 0.25) is 0 Å². The predicted octanol–water partition coefficient (Wildman–Crippen LogP) is 2.89. The minimum Gasteiger partial charge on any atom is -0.477 e. The van der Waals surface area contributed by atoms with Gasteiger partial charge in [-0.3, -0.25) is 0 Å². The van der Waals surface area contributed by atoms with Crippen molar-refractivity contribution < 1.29 is 19.0 Å². The molecule has 1 heterocycles. The van der Waals surface area contributed by atoms with Gasteiger partial charge in [-0.1, -0.05) is 23.5 Å². The number of aromatic carboxylic acids is 1. The summed E-state index contributed by atoms with van der Waals surface area (Å²) in [6, 6.07) is 6.24. The van der Waals surface area contributed by atoms with Gasteiger partial charge in [-0.2, -0.15) is 0 Å². The van der Waals surface area contributed by atoms with E-state index in [0.29, 0.717) is 16.5 Å². The number of hydrogen-bond donors (Lipinski definition) is 1. The molecular weight excluding hydrogens is 283 g/mol. The van der Waals surface area contributed by atoms with E-state index >= 15 is 0 Å². The van der Waals surface area contributed by atoms with Crippen LogP contribution >= 0.6 is 11.3 Å². The molecular formula is C13H13FN2O3S. The van der Waals surface area contributed by atoms with E-state index in [1.54, 1.807) is 25.2 Å². The number of halogens is 1. The number of carboxylic acids is 1. The van der Waals surface area contributed by atoms with E-state index < -0.39 is 11.8 Å². The van der Waals surface area contributed by atoms with Gasteiger partial charge in [0.05, 0.1) is 18.0 Å². The third kappa shape index (κ3) is 2.78. The summed E-state index contributed by atoms with van der Waals surface area (Å²) in [6.07, 6.45) is 0. The minimum absolute atomic E-state index is 0.100. The fraction of sp³-hybridized carbons (Fsp3) is 0.231. The fourth-order valence-electron chi connectivity index (χ4n) is 1.71. The lowest BCUT2D eigenvalue weighted by Gasteiger charge is -2.16. The first-order valence-electron chi connectivity index (χ1n) is 5.74. The van der Waals surface area contributed by atoms with Crippen molar-refractivity contribution in [2.24, 2.45) is 0 Å². The third-order valence-corrected chi connectivity index (χ3v) is 3.82. The number of para-hydroxylation sites is 1. The van der Waals surface area contributed by atoms with E-state index in [9.17, 15) is 9.18 Å². The first kappa shape index (κ1) is 14.4. The summed E-state index contributed by atoms with van der Waals surface area (Å²) in [7, 11) is 3.10. The van der Waals surface area contributed by atoms with Gasteiger partial charge in [0.1, 0.15) is 10.7 Å². The maximum Gasteiger partial charge on any atom is 0.347 e. The van der Waals surface area contributed by atoms with E-state index in [1.165, 1.54) is 18.1 Å². The second-order valence-electron chi connectivity index (χ2n) is 4.02. The molecule has 20 heavy (non-hydrogen) atoms. The number of aromatic nitrogens is 1. The van der Waals surface area contributed by atoms with Crippen molar-refractivity contribution in [2.45, 2.75) is 6.61 Å². The number of hydrogen-bond acceptors (Lipinski definition) is 5. The van der Waals surface area contributed by atoms with Gasteiger partial charge in [0.15, 0.2) is 5.13 Å². The van der Waals surface area contributed by atoms with Crippen LogP contribution in [0.15, 0.2) is 24.3 Å². The van der Waals surface area contributed by atoms with Gasteiger partial charge in [-0.05, 0) is 12.1 Å². The summed E-state index contributed by atoms with van der Waals surface area (Å²) in [4.78, 5) is 17.0. The molecule has 7 heteroatoms. The molecule has 0 saturated heterocycles. The van der Waals surface area contributed by atoms with Gasteiger partial charge >= 0.3 is 5.97 Å². The summed E-state index contributed by atoms with van der Waals surface area (Å²) in [5.74, 6) is -1.46. The molecule has 0 saturated carbocycles. The largest absolute Gasteiger partial charge is 0.477 e. The molecule has 0 amide bonds. The van der Waals surface area contributed by atoms with Gasteiger partial charge in [0.2, 0.25) is 0 Å². The molecule has 2 rings (SSSR count). The Morgan fingerprint density at radius 3 is 2.80 bits per heavy atom. The van der Waals surface area contributed by atoms with Crippen LogP contribution in [0.1, 0.15) is 15.4 Å². The lowest BCUT2D eigenvalue weighted by molar-refractivity contribution is 0.0697. The van der Waals surface area contributed by atoms with Crippen LogP contribution in [0, 0.1) is 5.82 Å². The zero-order chi connectivity index (χ0) is 14.7. The number of anilines is 2. The number of benzene rings is 1. The molecule has 2 aromatic rings. The first-order chi connectivity index (χ1) is 9.54. The molecule has 0 aliphatic rings. The van der Waals surface area contributed by atoms with E-state index in [2.05, 4.69) is 4.98 Å². The van der Waals surface area contributed by atoms with Gasteiger partial charge < -0.3 is 14.7 Å².